The minimum atomic E-state index is -0.422. The third kappa shape index (κ3) is 3.62. The molecule has 4 nitrogen and oxygen atoms in total. The number of hydrogen-bond donors (Lipinski definition) is 0. The largest absolute Gasteiger partial charge is 0.497 e. The van der Waals surface area contributed by atoms with Gasteiger partial charge in [-0.15, -0.1) is 0 Å². The molecule has 1 atom stereocenters. The van der Waals surface area contributed by atoms with Crippen LogP contribution in [0.2, 0.25) is 0 Å². The molecule has 0 saturated carbocycles. The van der Waals surface area contributed by atoms with Crippen LogP contribution in [0.1, 0.15) is 22.9 Å². The number of aliphatic imine (C=N–C) groups is 1. The third-order valence-corrected chi connectivity index (χ3v) is 4.88. The molecule has 5 heteroatoms. The van der Waals surface area contributed by atoms with Gasteiger partial charge in [0.15, 0.2) is 0 Å². The van der Waals surface area contributed by atoms with E-state index in [-0.39, 0.29) is 0 Å². The highest BCUT2D eigenvalue weighted by Crippen LogP contribution is 2.34. The van der Waals surface area contributed by atoms with Crippen molar-refractivity contribution in [2.45, 2.75) is 13.2 Å². The molecule has 3 aromatic carbocycles. The number of benzene rings is 3. The van der Waals surface area contributed by atoms with E-state index in [9.17, 15) is 0 Å². The van der Waals surface area contributed by atoms with Gasteiger partial charge >= 0.3 is 0 Å². The lowest BCUT2D eigenvalue weighted by Gasteiger charge is -2.36. The van der Waals surface area contributed by atoms with Crippen molar-refractivity contribution in [3.63, 3.8) is 0 Å². The number of ether oxygens (including phenoxy) is 2. The second-order valence-corrected chi connectivity index (χ2v) is 6.88. The molecule has 0 saturated heterocycles. The lowest BCUT2D eigenvalue weighted by atomic mass is 10.1. The van der Waals surface area contributed by atoms with Crippen LogP contribution in [-0.2, 0) is 4.74 Å². The summed E-state index contributed by atoms with van der Waals surface area (Å²) in [6.07, 6.45) is -0.422. The second-order valence-electron chi connectivity index (χ2n) is 6.51. The number of anilines is 1. The predicted molar refractivity (Wildman–Crippen MR) is 116 cm³/mol. The SMILES string of the molecule is COc1ccc(C2OC(c3ccccc3)=NC(=S)N2c2ccc(C)cc2)cc1. The highest BCUT2D eigenvalue weighted by Gasteiger charge is 2.32. The van der Waals surface area contributed by atoms with Crippen molar-refractivity contribution in [1.82, 2.24) is 0 Å². The first kappa shape index (κ1) is 18.2. The van der Waals surface area contributed by atoms with E-state index in [1.54, 1.807) is 7.11 Å². The van der Waals surface area contributed by atoms with Gasteiger partial charge < -0.3 is 9.47 Å². The summed E-state index contributed by atoms with van der Waals surface area (Å²) >= 11 is 5.68. The Balaban J connectivity index is 1.78. The average molecular weight is 388 g/mol. The fourth-order valence-corrected chi connectivity index (χ4v) is 3.36. The number of nitrogens with zero attached hydrogens (tertiary/aromatic N) is 2. The van der Waals surface area contributed by atoms with Gasteiger partial charge in [-0.2, -0.15) is 4.99 Å². The highest BCUT2D eigenvalue weighted by atomic mass is 32.1. The van der Waals surface area contributed by atoms with Crippen LogP contribution < -0.4 is 9.64 Å². The summed E-state index contributed by atoms with van der Waals surface area (Å²) in [5.74, 6) is 1.32. The van der Waals surface area contributed by atoms with E-state index in [4.69, 9.17) is 21.7 Å². The zero-order chi connectivity index (χ0) is 19.5. The zero-order valence-electron chi connectivity index (χ0n) is 15.7. The topological polar surface area (TPSA) is 34.1 Å². The number of thiocarbonyl (C=S) groups is 1. The Kier molecular flexibility index (Phi) is 5.08. The van der Waals surface area contributed by atoms with Crippen molar-refractivity contribution in [2.24, 2.45) is 4.99 Å². The third-order valence-electron chi connectivity index (χ3n) is 4.59. The molecule has 3 aromatic rings. The van der Waals surface area contributed by atoms with E-state index in [1.807, 2.05) is 71.6 Å². The van der Waals surface area contributed by atoms with Crippen LogP contribution in [0.4, 0.5) is 5.69 Å². The molecular formula is C23H20N2O2S. The first-order valence-corrected chi connectivity index (χ1v) is 9.41. The van der Waals surface area contributed by atoms with Crippen molar-refractivity contribution in [2.75, 3.05) is 12.0 Å². The van der Waals surface area contributed by atoms with E-state index in [2.05, 4.69) is 24.0 Å². The molecule has 1 aliphatic rings. The molecule has 1 aliphatic heterocycles. The Hall–Kier alpha value is -3.18. The molecule has 0 bridgehead atoms. The Morgan fingerprint density at radius 1 is 0.929 bits per heavy atom. The Morgan fingerprint density at radius 3 is 2.25 bits per heavy atom. The van der Waals surface area contributed by atoms with Gasteiger partial charge in [0.1, 0.15) is 5.75 Å². The first-order chi connectivity index (χ1) is 13.7. The van der Waals surface area contributed by atoms with Gasteiger partial charge in [0.05, 0.1) is 7.11 Å². The second kappa shape index (κ2) is 7.82. The molecule has 28 heavy (non-hydrogen) atoms. The summed E-state index contributed by atoms with van der Waals surface area (Å²) < 4.78 is 11.6. The van der Waals surface area contributed by atoms with E-state index in [1.165, 1.54) is 5.56 Å². The normalized spacial score (nSPS) is 16.4. The molecule has 0 fully saturated rings. The lowest BCUT2D eigenvalue weighted by Crippen LogP contribution is -2.40. The minimum absolute atomic E-state index is 0.422. The average Bonchev–Trinajstić information content (AvgIpc) is 2.75. The molecule has 0 aliphatic carbocycles. The monoisotopic (exact) mass is 388 g/mol. The molecule has 140 valence electrons. The van der Waals surface area contributed by atoms with Crippen LogP contribution in [-0.4, -0.2) is 18.1 Å². The van der Waals surface area contributed by atoms with Crippen molar-refractivity contribution < 1.29 is 9.47 Å². The van der Waals surface area contributed by atoms with Gasteiger partial charge in [-0.1, -0.05) is 35.9 Å². The van der Waals surface area contributed by atoms with Crippen LogP contribution >= 0.6 is 12.2 Å². The van der Waals surface area contributed by atoms with Crippen LogP contribution in [0, 0.1) is 6.92 Å². The van der Waals surface area contributed by atoms with Crippen molar-refractivity contribution in [1.29, 1.82) is 0 Å². The highest BCUT2D eigenvalue weighted by molar-refractivity contribution is 7.80. The Bertz CT molecular complexity index is 999. The fourth-order valence-electron chi connectivity index (χ4n) is 3.08. The standard InChI is InChI=1S/C23H20N2O2S/c1-16-8-12-19(13-9-16)25-22(18-10-14-20(26-2)15-11-18)27-21(24-23(25)28)17-6-4-3-5-7-17/h3-15,22H,1-2H3. The van der Waals surface area contributed by atoms with Crippen LogP contribution in [0.3, 0.4) is 0 Å². The number of methoxy groups -OCH3 is 1. The maximum absolute atomic E-state index is 6.35. The molecule has 0 amide bonds. The van der Waals surface area contributed by atoms with Crippen molar-refractivity contribution >= 4 is 28.9 Å². The summed E-state index contributed by atoms with van der Waals surface area (Å²) in [7, 11) is 1.65. The van der Waals surface area contributed by atoms with Gasteiger partial charge in [0, 0.05) is 16.8 Å². The summed E-state index contributed by atoms with van der Waals surface area (Å²) in [6.45, 7) is 2.06. The fraction of sp³-hybridized carbons (Fsp3) is 0.130. The molecule has 4 rings (SSSR count). The van der Waals surface area contributed by atoms with Gasteiger partial charge in [0.2, 0.25) is 17.2 Å². The number of hydrogen-bond acceptors (Lipinski definition) is 3. The van der Waals surface area contributed by atoms with Crippen LogP contribution in [0.25, 0.3) is 0 Å². The molecule has 0 radical (unpaired) electrons. The maximum atomic E-state index is 6.35. The zero-order valence-corrected chi connectivity index (χ0v) is 16.5. The molecule has 0 N–H and O–H groups in total. The predicted octanol–water partition coefficient (Wildman–Crippen LogP) is 5.27. The Labute approximate surface area is 170 Å². The van der Waals surface area contributed by atoms with Gasteiger partial charge in [0.25, 0.3) is 0 Å². The van der Waals surface area contributed by atoms with E-state index in [0.29, 0.717) is 11.0 Å². The van der Waals surface area contributed by atoms with Crippen molar-refractivity contribution in [3.8, 4) is 5.75 Å². The summed E-state index contributed by atoms with van der Waals surface area (Å²) in [6, 6.07) is 25.8. The maximum Gasteiger partial charge on any atom is 0.225 e. The molecule has 0 spiro atoms. The molecule has 1 unspecified atom stereocenters. The van der Waals surface area contributed by atoms with E-state index < -0.39 is 6.23 Å². The van der Waals surface area contributed by atoms with Crippen LogP contribution in [0.5, 0.6) is 5.75 Å². The molecule has 0 aromatic heterocycles. The summed E-state index contributed by atoms with van der Waals surface area (Å²) in [5.41, 5.74) is 3.98. The Morgan fingerprint density at radius 2 is 1.61 bits per heavy atom. The quantitative estimate of drug-likeness (QED) is 0.570. The first-order valence-electron chi connectivity index (χ1n) is 9.00. The van der Waals surface area contributed by atoms with Gasteiger partial charge in [-0.25, -0.2) is 0 Å². The minimum Gasteiger partial charge on any atom is -0.497 e. The molecule has 1 heterocycles. The summed E-state index contributed by atoms with van der Waals surface area (Å²) in [4.78, 5) is 6.50. The molecular weight excluding hydrogens is 368 g/mol. The van der Waals surface area contributed by atoms with Gasteiger partial charge in [-0.05, 0) is 67.7 Å². The number of aryl methyl sites for hydroxylation is 1. The van der Waals surface area contributed by atoms with E-state index in [0.717, 1.165) is 22.6 Å². The van der Waals surface area contributed by atoms with Gasteiger partial charge in [-0.3, -0.25) is 4.90 Å². The number of rotatable bonds is 4. The summed E-state index contributed by atoms with van der Waals surface area (Å²) in [5, 5.41) is 0.467. The van der Waals surface area contributed by atoms with Crippen LogP contribution in [0.15, 0.2) is 83.9 Å². The lowest BCUT2D eigenvalue weighted by molar-refractivity contribution is 0.196. The smallest absolute Gasteiger partial charge is 0.225 e. The van der Waals surface area contributed by atoms with E-state index >= 15 is 0 Å². The van der Waals surface area contributed by atoms with Crippen molar-refractivity contribution in [3.05, 3.63) is 95.6 Å².